The van der Waals surface area contributed by atoms with Gasteiger partial charge in [0, 0.05) is 6.54 Å². The summed E-state index contributed by atoms with van der Waals surface area (Å²) in [7, 11) is 1.67. The topological polar surface area (TPSA) is 30.5 Å². The maximum absolute atomic E-state index is 5.59. The Morgan fingerprint density at radius 3 is 2.62 bits per heavy atom. The third kappa shape index (κ3) is 3.74. The molecule has 0 heterocycles. The van der Waals surface area contributed by atoms with Crippen molar-refractivity contribution in [3.8, 4) is 11.5 Å². The Kier molecular flexibility index (Phi) is 5.72. The minimum absolute atomic E-state index is 0.725. The third-order valence-corrected chi connectivity index (χ3v) is 2.27. The van der Waals surface area contributed by atoms with Gasteiger partial charge in [-0.15, -0.1) is 0 Å². The van der Waals surface area contributed by atoms with Gasteiger partial charge in [-0.05, 0) is 30.7 Å². The molecule has 0 radical (unpaired) electrons. The van der Waals surface area contributed by atoms with Crippen molar-refractivity contribution in [2.45, 2.75) is 26.8 Å². The summed E-state index contributed by atoms with van der Waals surface area (Å²) in [5.41, 5.74) is 1.21. The van der Waals surface area contributed by atoms with Crippen molar-refractivity contribution < 1.29 is 9.47 Å². The molecular weight excluding hydrogens is 202 g/mol. The Balaban J connectivity index is 2.71. The molecule has 3 nitrogen and oxygen atoms in total. The lowest BCUT2D eigenvalue weighted by molar-refractivity contribution is 0.294. The molecular formula is C13H21NO2. The molecule has 0 aliphatic carbocycles. The van der Waals surface area contributed by atoms with Crippen LogP contribution in [0.25, 0.3) is 0 Å². The zero-order chi connectivity index (χ0) is 11.8. The van der Waals surface area contributed by atoms with Crippen LogP contribution in [0.15, 0.2) is 18.2 Å². The molecule has 0 saturated heterocycles. The normalized spacial score (nSPS) is 10.2. The summed E-state index contributed by atoms with van der Waals surface area (Å²) in [6.45, 7) is 6.74. The van der Waals surface area contributed by atoms with E-state index in [0.29, 0.717) is 0 Å². The number of hydrogen-bond acceptors (Lipinski definition) is 3. The van der Waals surface area contributed by atoms with E-state index in [-0.39, 0.29) is 0 Å². The van der Waals surface area contributed by atoms with Crippen molar-refractivity contribution in [1.29, 1.82) is 0 Å². The molecule has 1 N–H and O–H groups in total. The van der Waals surface area contributed by atoms with Crippen molar-refractivity contribution in [1.82, 2.24) is 5.32 Å². The molecule has 1 aromatic carbocycles. The molecule has 1 aromatic rings. The molecule has 1 rings (SSSR count). The van der Waals surface area contributed by atoms with Crippen LogP contribution in [0.4, 0.5) is 0 Å². The van der Waals surface area contributed by atoms with E-state index in [1.165, 1.54) is 5.56 Å². The molecule has 0 fully saturated rings. The highest BCUT2D eigenvalue weighted by Crippen LogP contribution is 2.28. The van der Waals surface area contributed by atoms with Gasteiger partial charge in [0.1, 0.15) is 0 Å². The maximum atomic E-state index is 5.59. The molecule has 0 atom stereocenters. The van der Waals surface area contributed by atoms with Gasteiger partial charge in [-0.25, -0.2) is 0 Å². The summed E-state index contributed by atoms with van der Waals surface area (Å²) in [4.78, 5) is 0. The van der Waals surface area contributed by atoms with Crippen molar-refractivity contribution >= 4 is 0 Å². The Morgan fingerprint density at radius 2 is 2.00 bits per heavy atom. The second-order valence-corrected chi connectivity index (χ2v) is 3.61. The molecule has 0 amide bonds. The predicted octanol–water partition coefficient (Wildman–Crippen LogP) is 2.59. The van der Waals surface area contributed by atoms with Crippen molar-refractivity contribution in [3.63, 3.8) is 0 Å². The first kappa shape index (κ1) is 12.8. The summed E-state index contributed by atoms with van der Waals surface area (Å²) < 4.78 is 10.9. The number of rotatable bonds is 7. The SMILES string of the molecule is CCCOc1ccc(CNCC)cc1OC. The molecule has 16 heavy (non-hydrogen) atoms. The minimum Gasteiger partial charge on any atom is -0.493 e. The van der Waals surface area contributed by atoms with E-state index in [9.17, 15) is 0 Å². The number of hydrogen-bond donors (Lipinski definition) is 1. The van der Waals surface area contributed by atoms with E-state index < -0.39 is 0 Å². The summed E-state index contributed by atoms with van der Waals surface area (Å²) in [5.74, 6) is 1.63. The number of benzene rings is 1. The van der Waals surface area contributed by atoms with E-state index in [4.69, 9.17) is 9.47 Å². The van der Waals surface area contributed by atoms with E-state index >= 15 is 0 Å². The van der Waals surface area contributed by atoms with Gasteiger partial charge in [-0.3, -0.25) is 0 Å². The van der Waals surface area contributed by atoms with Crippen LogP contribution in [0.5, 0.6) is 11.5 Å². The second-order valence-electron chi connectivity index (χ2n) is 3.61. The van der Waals surface area contributed by atoms with Crippen molar-refractivity contribution in [2.24, 2.45) is 0 Å². The minimum atomic E-state index is 0.725. The highest BCUT2D eigenvalue weighted by molar-refractivity contribution is 5.42. The van der Waals surface area contributed by atoms with Gasteiger partial charge < -0.3 is 14.8 Å². The van der Waals surface area contributed by atoms with Gasteiger partial charge in [-0.2, -0.15) is 0 Å². The Hall–Kier alpha value is -1.22. The zero-order valence-corrected chi connectivity index (χ0v) is 10.4. The lowest BCUT2D eigenvalue weighted by atomic mass is 10.2. The van der Waals surface area contributed by atoms with Gasteiger partial charge >= 0.3 is 0 Å². The van der Waals surface area contributed by atoms with Gasteiger partial charge in [0.2, 0.25) is 0 Å². The molecule has 0 bridgehead atoms. The first-order chi connectivity index (χ1) is 7.81. The Labute approximate surface area is 97.8 Å². The number of methoxy groups -OCH3 is 1. The van der Waals surface area contributed by atoms with Crippen LogP contribution in [0.1, 0.15) is 25.8 Å². The zero-order valence-electron chi connectivity index (χ0n) is 10.4. The molecule has 0 aliphatic heterocycles. The van der Waals surface area contributed by atoms with E-state index in [0.717, 1.165) is 37.6 Å². The second kappa shape index (κ2) is 7.12. The van der Waals surface area contributed by atoms with Gasteiger partial charge in [0.15, 0.2) is 11.5 Å². The average molecular weight is 223 g/mol. The quantitative estimate of drug-likeness (QED) is 0.770. The van der Waals surface area contributed by atoms with Crippen LogP contribution >= 0.6 is 0 Å². The van der Waals surface area contributed by atoms with Crippen molar-refractivity contribution in [3.05, 3.63) is 23.8 Å². The maximum Gasteiger partial charge on any atom is 0.161 e. The van der Waals surface area contributed by atoms with Crippen LogP contribution in [0.2, 0.25) is 0 Å². The first-order valence-corrected chi connectivity index (χ1v) is 5.82. The summed E-state index contributed by atoms with van der Waals surface area (Å²) in [5, 5.41) is 3.28. The van der Waals surface area contributed by atoms with Gasteiger partial charge in [0.25, 0.3) is 0 Å². The fraction of sp³-hybridized carbons (Fsp3) is 0.538. The van der Waals surface area contributed by atoms with Crippen LogP contribution < -0.4 is 14.8 Å². The predicted molar refractivity (Wildman–Crippen MR) is 66.2 cm³/mol. The van der Waals surface area contributed by atoms with E-state index in [1.54, 1.807) is 7.11 Å². The fourth-order valence-corrected chi connectivity index (χ4v) is 1.42. The first-order valence-electron chi connectivity index (χ1n) is 5.82. The molecule has 0 spiro atoms. The largest absolute Gasteiger partial charge is 0.493 e. The number of ether oxygens (including phenoxy) is 2. The molecule has 0 aliphatic rings. The van der Waals surface area contributed by atoms with Crippen LogP contribution in [0.3, 0.4) is 0 Å². The Morgan fingerprint density at radius 1 is 1.19 bits per heavy atom. The highest BCUT2D eigenvalue weighted by atomic mass is 16.5. The van der Waals surface area contributed by atoms with Crippen LogP contribution in [0, 0.1) is 0 Å². The molecule has 90 valence electrons. The molecule has 0 saturated carbocycles. The van der Waals surface area contributed by atoms with E-state index in [1.807, 2.05) is 12.1 Å². The molecule has 0 unspecified atom stereocenters. The summed E-state index contributed by atoms with van der Waals surface area (Å²) >= 11 is 0. The fourth-order valence-electron chi connectivity index (χ4n) is 1.42. The third-order valence-electron chi connectivity index (χ3n) is 2.27. The van der Waals surface area contributed by atoms with Crippen LogP contribution in [-0.2, 0) is 6.54 Å². The van der Waals surface area contributed by atoms with Crippen LogP contribution in [-0.4, -0.2) is 20.3 Å². The van der Waals surface area contributed by atoms with Crippen molar-refractivity contribution in [2.75, 3.05) is 20.3 Å². The van der Waals surface area contributed by atoms with Gasteiger partial charge in [0.05, 0.1) is 13.7 Å². The highest BCUT2D eigenvalue weighted by Gasteiger charge is 2.04. The smallest absolute Gasteiger partial charge is 0.161 e. The molecule has 0 aromatic heterocycles. The average Bonchev–Trinajstić information content (AvgIpc) is 2.34. The van der Waals surface area contributed by atoms with Gasteiger partial charge in [-0.1, -0.05) is 19.9 Å². The lowest BCUT2D eigenvalue weighted by Crippen LogP contribution is -2.11. The standard InChI is InChI=1S/C13H21NO2/c1-4-8-16-12-7-6-11(10-14-5-2)9-13(12)15-3/h6-7,9,14H,4-5,8,10H2,1-3H3. The summed E-state index contributed by atoms with van der Waals surface area (Å²) in [6.07, 6.45) is 1.00. The monoisotopic (exact) mass is 223 g/mol. The number of nitrogens with one attached hydrogen (secondary N) is 1. The Bertz CT molecular complexity index is 313. The molecule has 3 heteroatoms. The van der Waals surface area contributed by atoms with E-state index in [2.05, 4.69) is 25.2 Å². The lowest BCUT2D eigenvalue weighted by Gasteiger charge is -2.11. The summed E-state index contributed by atoms with van der Waals surface area (Å²) in [6, 6.07) is 6.06.